The first kappa shape index (κ1) is 16.6. The molecule has 2 heterocycles. The van der Waals surface area contributed by atoms with E-state index in [-0.39, 0.29) is 18.1 Å². The zero-order chi connectivity index (χ0) is 17.1. The maximum atomic E-state index is 13.3. The van der Waals surface area contributed by atoms with Crippen molar-refractivity contribution in [2.75, 3.05) is 6.54 Å². The van der Waals surface area contributed by atoms with Crippen molar-refractivity contribution < 1.29 is 19.1 Å². The van der Waals surface area contributed by atoms with Crippen molar-refractivity contribution in [1.82, 2.24) is 9.88 Å². The molecule has 0 bridgehead atoms. The van der Waals surface area contributed by atoms with Crippen molar-refractivity contribution in [2.24, 2.45) is 5.92 Å². The molecule has 1 aromatic carbocycles. The molecule has 0 aliphatic carbocycles. The van der Waals surface area contributed by atoms with Crippen LogP contribution in [0.1, 0.15) is 30.1 Å². The predicted molar refractivity (Wildman–Crippen MR) is 87.0 cm³/mol. The van der Waals surface area contributed by atoms with Crippen LogP contribution in [0.15, 0.2) is 35.2 Å². The highest BCUT2D eigenvalue weighted by Gasteiger charge is 2.41. The fourth-order valence-electron chi connectivity index (χ4n) is 3.15. The number of thiazole rings is 1. The van der Waals surface area contributed by atoms with Crippen molar-refractivity contribution >= 4 is 23.2 Å². The summed E-state index contributed by atoms with van der Waals surface area (Å²) in [6.07, 6.45) is 0.990. The predicted octanol–water partition coefficient (Wildman–Crippen LogP) is 2.89. The average molecular weight is 348 g/mol. The number of aromatic nitrogens is 1. The Morgan fingerprint density at radius 2 is 2.29 bits per heavy atom. The molecule has 24 heavy (non-hydrogen) atoms. The molecule has 1 fully saturated rings. The van der Waals surface area contributed by atoms with Crippen LogP contribution in [0.2, 0.25) is 0 Å². The summed E-state index contributed by atoms with van der Waals surface area (Å²) in [5, 5.41) is 11.3. The number of carboxylic acid groups (broad SMARTS) is 1. The van der Waals surface area contributed by atoms with Gasteiger partial charge in [0.25, 0.3) is 0 Å². The number of piperidine rings is 1. The number of carboxylic acids is 1. The summed E-state index contributed by atoms with van der Waals surface area (Å²) in [4.78, 5) is 29.8. The Morgan fingerprint density at radius 1 is 1.46 bits per heavy atom. The monoisotopic (exact) mass is 348 g/mol. The summed E-state index contributed by atoms with van der Waals surface area (Å²) in [6.45, 7) is 0.342. The van der Waals surface area contributed by atoms with Gasteiger partial charge in [-0.15, -0.1) is 11.3 Å². The number of rotatable bonds is 5. The van der Waals surface area contributed by atoms with Crippen LogP contribution < -0.4 is 0 Å². The van der Waals surface area contributed by atoms with Gasteiger partial charge in [0.2, 0.25) is 5.91 Å². The number of carbonyl (C=O) groups excluding carboxylic acids is 1. The van der Waals surface area contributed by atoms with Crippen molar-refractivity contribution in [2.45, 2.75) is 25.3 Å². The second kappa shape index (κ2) is 7.09. The highest BCUT2D eigenvalue weighted by Crippen LogP contribution is 2.36. The minimum Gasteiger partial charge on any atom is -0.481 e. The molecule has 1 saturated heterocycles. The number of carbonyl (C=O) groups is 2. The molecule has 0 unspecified atom stereocenters. The van der Waals surface area contributed by atoms with E-state index < -0.39 is 17.9 Å². The highest BCUT2D eigenvalue weighted by molar-refractivity contribution is 7.07. The summed E-state index contributed by atoms with van der Waals surface area (Å²) >= 11 is 1.38. The number of nitrogens with zero attached hydrogens (tertiary/aromatic N) is 2. The van der Waals surface area contributed by atoms with Gasteiger partial charge in [0.05, 0.1) is 23.2 Å². The van der Waals surface area contributed by atoms with Crippen LogP contribution >= 0.6 is 11.3 Å². The number of hydrogen-bond acceptors (Lipinski definition) is 4. The summed E-state index contributed by atoms with van der Waals surface area (Å²) in [5.74, 6) is -1.99. The summed E-state index contributed by atoms with van der Waals surface area (Å²) in [6, 6.07) is 5.66. The minimum absolute atomic E-state index is 0.0816. The lowest BCUT2D eigenvalue weighted by atomic mass is 9.86. The lowest BCUT2D eigenvalue weighted by molar-refractivity contribution is -0.152. The maximum Gasteiger partial charge on any atom is 0.309 e. The van der Waals surface area contributed by atoms with Crippen LogP contribution in [0, 0.1) is 11.7 Å². The van der Waals surface area contributed by atoms with E-state index in [4.69, 9.17) is 0 Å². The molecule has 0 spiro atoms. The largest absolute Gasteiger partial charge is 0.481 e. The van der Waals surface area contributed by atoms with Gasteiger partial charge in [0, 0.05) is 18.3 Å². The minimum atomic E-state index is -0.920. The van der Waals surface area contributed by atoms with Crippen LogP contribution in [-0.2, 0) is 16.0 Å². The van der Waals surface area contributed by atoms with Gasteiger partial charge in [-0.05, 0) is 30.5 Å². The molecule has 2 aromatic rings. The third kappa shape index (κ3) is 3.46. The molecule has 7 heteroatoms. The van der Waals surface area contributed by atoms with Crippen LogP contribution in [0.4, 0.5) is 4.39 Å². The van der Waals surface area contributed by atoms with Crippen molar-refractivity contribution in [1.29, 1.82) is 0 Å². The quantitative estimate of drug-likeness (QED) is 0.902. The lowest BCUT2D eigenvalue weighted by Crippen LogP contribution is -2.46. The first-order chi connectivity index (χ1) is 11.6. The molecule has 1 N–H and O–H groups in total. The summed E-state index contributed by atoms with van der Waals surface area (Å²) in [7, 11) is 0. The number of likely N-dealkylation sites (tertiary alicyclic amines) is 1. The molecule has 1 aliphatic rings. The molecule has 3 rings (SSSR count). The van der Waals surface area contributed by atoms with E-state index in [2.05, 4.69) is 4.98 Å². The Hall–Kier alpha value is -2.28. The molecule has 2 atom stereocenters. The van der Waals surface area contributed by atoms with Gasteiger partial charge in [-0.1, -0.05) is 12.1 Å². The number of hydrogen-bond donors (Lipinski definition) is 1. The molecular formula is C17H17FN2O3S. The Labute approximate surface area is 142 Å². The van der Waals surface area contributed by atoms with E-state index in [1.165, 1.54) is 23.5 Å². The fraction of sp³-hybridized carbons (Fsp3) is 0.353. The van der Waals surface area contributed by atoms with Gasteiger partial charge >= 0.3 is 5.97 Å². The second-order valence-corrected chi connectivity index (χ2v) is 6.53. The second-order valence-electron chi connectivity index (χ2n) is 5.81. The van der Waals surface area contributed by atoms with Crippen LogP contribution in [0.25, 0.3) is 0 Å². The Balaban J connectivity index is 1.84. The van der Waals surface area contributed by atoms with Gasteiger partial charge in [-0.3, -0.25) is 9.59 Å². The normalized spacial score (nSPS) is 21.0. The van der Waals surface area contributed by atoms with E-state index in [0.717, 1.165) is 5.56 Å². The molecular weight excluding hydrogens is 331 g/mol. The van der Waals surface area contributed by atoms with E-state index in [1.54, 1.807) is 27.9 Å². The summed E-state index contributed by atoms with van der Waals surface area (Å²) < 4.78 is 13.3. The van der Waals surface area contributed by atoms with Gasteiger partial charge < -0.3 is 10.0 Å². The zero-order valence-electron chi connectivity index (χ0n) is 12.9. The zero-order valence-corrected chi connectivity index (χ0v) is 13.7. The number of amides is 1. The molecule has 0 radical (unpaired) electrons. The van der Waals surface area contributed by atoms with E-state index in [0.29, 0.717) is 25.1 Å². The molecule has 5 nitrogen and oxygen atoms in total. The molecule has 1 aromatic heterocycles. The van der Waals surface area contributed by atoms with E-state index in [9.17, 15) is 19.1 Å². The lowest BCUT2D eigenvalue weighted by Gasteiger charge is -2.38. The number of benzene rings is 1. The molecule has 1 amide bonds. The van der Waals surface area contributed by atoms with Crippen molar-refractivity contribution in [3.05, 3.63) is 52.2 Å². The Bertz CT molecular complexity index is 735. The maximum absolute atomic E-state index is 13.3. The van der Waals surface area contributed by atoms with Crippen LogP contribution in [0.5, 0.6) is 0 Å². The van der Waals surface area contributed by atoms with Crippen molar-refractivity contribution in [3.63, 3.8) is 0 Å². The third-order valence-corrected chi connectivity index (χ3v) is 4.91. The fourth-order valence-corrected chi connectivity index (χ4v) is 3.73. The smallest absolute Gasteiger partial charge is 0.309 e. The molecule has 126 valence electrons. The molecule has 0 saturated carbocycles. The van der Waals surface area contributed by atoms with Crippen molar-refractivity contribution in [3.8, 4) is 0 Å². The van der Waals surface area contributed by atoms with Crippen LogP contribution in [0.3, 0.4) is 0 Å². The van der Waals surface area contributed by atoms with E-state index in [1.807, 2.05) is 0 Å². The average Bonchev–Trinajstić information content (AvgIpc) is 3.07. The van der Waals surface area contributed by atoms with E-state index >= 15 is 0 Å². The molecule has 1 aliphatic heterocycles. The van der Waals surface area contributed by atoms with Gasteiger partial charge in [0.15, 0.2) is 0 Å². The van der Waals surface area contributed by atoms with Crippen LogP contribution in [-0.4, -0.2) is 33.4 Å². The van der Waals surface area contributed by atoms with Gasteiger partial charge in [-0.2, -0.15) is 0 Å². The summed E-state index contributed by atoms with van der Waals surface area (Å²) in [5.41, 5.74) is 3.02. The standard InChI is InChI=1S/C17H17FN2O3S/c18-12-3-1-2-11(8-12)6-7-20-15(21)5-4-13(17(22)23)16(20)14-9-24-10-19-14/h1-3,8-10,13,16H,4-7H2,(H,22,23)/t13-,16-/m0/s1. The first-order valence-electron chi connectivity index (χ1n) is 7.71. The SMILES string of the molecule is O=C(O)[C@H]1CCC(=O)N(CCc2cccc(F)c2)[C@@H]1c1cscn1. The first-order valence-corrected chi connectivity index (χ1v) is 8.65. The number of aliphatic carboxylic acids is 1. The van der Waals surface area contributed by atoms with Gasteiger partial charge in [0.1, 0.15) is 5.82 Å². The third-order valence-electron chi connectivity index (χ3n) is 4.31. The highest BCUT2D eigenvalue weighted by atomic mass is 32.1. The van der Waals surface area contributed by atoms with Gasteiger partial charge in [-0.25, -0.2) is 9.37 Å². The topological polar surface area (TPSA) is 70.5 Å². The Kier molecular flexibility index (Phi) is 4.89. The number of halogens is 1. The Morgan fingerprint density at radius 3 is 2.96 bits per heavy atom.